The molecule has 0 atom stereocenters. The first-order valence-electron chi connectivity index (χ1n) is 12.6. The second-order valence-electron chi connectivity index (χ2n) is 9.17. The molecular weight excluding hydrogens is 587 g/mol. The van der Waals surface area contributed by atoms with E-state index in [1.807, 2.05) is 19.1 Å². The van der Waals surface area contributed by atoms with Gasteiger partial charge in [-0.15, -0.1) is 0 Å². The fraction of sp³-hybridized carbons (Fsp3) is 0.125. The largest absolute Gasteiger partial charge is 0.453 e. The second-order valence-corrected chi connectivity index (χ2v) is 9.17. The van der Waals surface area contributed by atoms with Crippen molar-refractivity contribution in [3.05, 3.63) is 131 Å². The van der Waals surface area contributed by atoms with Gasteiger partial charge >= 0.3 is 12.2 Å². The van der Waals surface area contributed by atoms with Gasteiger partial charge in [-0.05, 0) is 78.9 Å². The van der Waals surface area contributed by atoms with Crippen molar-refractivity contribution < 1.29 is 49.0 Å². The molecule has 0 saturated heterocycles. The average Bonchev–Trinajstić information content (AvgIpc) is 2.92. The van der Waals surface area contributed by atoms with Crippen LogP contribution in [-0.4, -0.2) is 0 Å². The van der Waals surface area contributed by atoms with E-state index in [1.165, 1.54) is 12.1 Å². The van der Waals surface area contributed by atoms with Crippen molar-refractivity contribution in [3.63, 3.8) is 0 Å². The molecule has 0 aliphatic carbocycles. The van der Waals surface area contributed by atoms with Crippen LogP contribution in [0.15, 0.2) is 91.2 Å². The molecule has 0 fully saturated rings. The van der Waals surface area contributed by atoms with Crippen molar-refractivity contribution >= 4 is 0 Å². The maximum Gasteiger partial charge on any atom is 0.429 e. The Balaban J connectivity index is 1.54. The Morgan fingerprint density at radius 1 is 0.721 bits per heavy atom. The standard InChI is InChI=1S/C32H21F9O2/c1-2-3-4-5-18-6-9-22(25(33)12-18)19-7-11-24(27(35)13-19)32(40,41)43-21-8-10-23(26(34)16-21)20-14-28(36)31(29(37)15-20)42-17-30(38)39/h2-3,6-17H,4-5H2,1H3/b3-2+. The van der Waals surface area contributed by atoms with E-state index in [0.29, 0.717) is 42.7 Å². The molecule has 0 radical (unpaired) electrons. The summed E-state index contributed by atoms with van der Waals surface area (Å²) >= 11 is 0. The Morgan fingerprint density at radius 2 is 1.35 bits per heavy atom. The summed E-state index contributed by atoms with van der Waals surface area (Å²) in [6.07, 6.45) is -1.78. The number of allylic oxidation sites excluding steroid dienone is 2. The zero-order chi connectivity index (χ0) is 31.3. The molecule has 0 heterocycles. The van der Waals surface area contributed by atoms with Crippen LogP contribution in [0.25, 0.3) is 22.3 Å². The van der Waals surface area contributed by atoms with Gasteiger partial charge in [-0.2, -0.15) is 17.6 Å². The Morgan fingerprint density at radius 3 is 1.95 bits per heavy atom. The van der Waals surface area contributed by atoms with Gasteiger partial charge in [-0.1, -0.05) is 30.4 Å². The van der Waals surface area contributed by atoms with Crippen LogP contribution in [0.3, 0.4) is 0 Å². The van der Waals surface area contributed by atoms with E-state index in [9.17, 15) is 39.5 Å². The van der Waals surface area contributed by atoms with Crippen LogP contribution in [-0.2, 0) is 12.5 Å². The van der Waals surface area contributed by atoms with Crippen LogP contribution >= 0.6 is 0 Å². The molecule has 4 aromatic carbocycles. The Bertz CT molecular complexity index is 1670. The maximum absolute atomic E-state index is 14.9. The van der Waals surface area contributed by atoms with Crippen LogP contribution in [0, 0.1) is 29.1 Å². The number of benzene rings is 4. The molecule has 0 amide bonds. The molecule has 0 aliphatic rings. The molecule has 0 aromatic heterocycles. The Hall–Kier alpha value is -4.67. The number of halogens is 9. The van der Waals surface area contributed by atoms with Crippen LogP contribution in [0.1, 0.15) is 24.5 Å². The second kappa shape index (κ2) is 13.1. The molecule has 0 aliphatic heterocycles. The van der Waals surface area contributed by atoms with Crippen molar-refractivity contribution in [1.82, 2.24) is 0 Å². The van der Waals surface area contributed by atoms with E-state index in [-0.39, 0.29) is 17.4 Å². The lowest BCUT2D eigenvalue weighted by atomic mass is 9.99. The SMILES string of the molecule is C/C=C/CCc1ccc(-c2ccc(C(F)(F)Oc3ccc(-c4cc(F)c(OC=C(F)F)c(F)c4)c(F)c3)c(F)c2)c(F)c1. The highest BCUT2D eigenvalue weighted by molar-refractivity contribution is 5.67. The predicted octanol–water partition coefficient (Wildman–Crippen LogP) is 10.5. The van der Waals surface area contributed by atoms with Crippen LogP contribution < -0.4 is 9.47 Å². The van der Waals surface area contributed by atoms with Gasteiger partial charge in [0.1, 0.15) is 23.2 Å². The number of alkyl halides is 2. The normalized spacial score (nSPS) is 11.6. The number of ether oxygens (including phenoxy) is 2. The molecule has 4 rings (SSSR count). The summed E-state index contributed by atoms with van der Waals surface area (Å²) in [7, 11) is 0. The highest BCUT2D eigenvalue weighted by Gasteiger charge is 2.38. The van der Waals surface area contributed by atoms with Crippen LogP contribution in [0.2, 0.25) is 0 Å². The van der Waals surface area contributed by atoms with E-state index in [2.05, 4.69) is 9.47 Å². The van der Waals surface area contributed by atoms with Crippen molar-refractivity contribution in [1.29, 1.82) is 0 Å². The summed E-state index contributed by atoms with van der Waals surface area (Å²) in [5.74, 6) is -8.09. The highest BCUT2D eigenvalue weighted by Crippen LogP contribution is 2.37. The van der Waals surface area contributed by atoms with Crippen LogP contribution in [0.4, 0.5) is 39.5 Å². The predicted molar refractivity (Wildman–Crippen MR) is 142 cm³/mol. The molecule has 0 spiro atoms. The van der Waals surface area contributed by atoms with Gasteiger partial charge < -0.3 is 9.47 Å². The first-order valence-corrected chi connectivity index (χ1v) is 12.6. The minimum absolute atomic E-state index is 0.000592. The third kappa shape index (κ3) is 7.40. The minimum atomic E-state index is -4.30. The third-order valence-corrected chi connectivity index (χ3v) is 6.22. The summed E-state index contributed by atoms with van der Waals surface area (Å²) in [6.45, 7) is 1.86. The van der Waals surface area contributed by atoms with Crippen molar-refractivity contribution in [2.75, 3.05) is 0 Å². The van der Waals surface area contributed by atoms with Gasteiger partial charge in [0.2, 0.25) is 0 Å². The molecule has 11 heteroatoms. The summed E-state index contributed by atoms with van der Waals surface area (Å²) in [5.41, 5.74) is -1.34. The fourth-order valence-electron chi connectivity index (χ4n) is 4.21. The first-order chi connectivity index (χ1) is 20.4. The van der Waals surface area contributed by atoms with Crippen molar-refractivity contribution in [3.8, 4) is 33.8 Å². The highest BCUT2D eigenvalue weighted by atomic mass is 19.3. The Labute approximate surface area is 240 Å². The number of hydrogen-bond acceptors (Lipinski definition) is 2. The smallest absolute Gasteiger partial charge is 0.429 e. The molecule has 43 heavy (non-hydrogen) atoms. The topological polar surface area (TPSA) is 18.5 Å². The molecule has 0 unspecified atom stereocenters. The summed E-state index contributed by atoms with van der Waals surface area (Å²) in [4.78, 5) is 0. The van der Waals surface area contributed by atoms with Crippen LogP contribution in [0.5, 0.6) is 11.5 Å². The molecule has 0 bridgehead atoms. The summed E-state index contributed by atoms with van der Waals surface area (Å²) < 4.78 is 136. The molecule has 4 aromatic rings. The lowest BCUT2D eigenvalue weighted by molar-refractivity contribution is -0.187. The van der Waals surface area contributed by atoms with Crippen molar-refractivity contribution in [2.24, 2.45) is 0 Å². The molecular formula is C32H21F9O2. The van der Waals surface area contributed by atoms with E-state index < -0.39 is 69.5 Å². The minimum Gasteiger partial charge on any atom is -0.453 e. The van der Waals surface area contributed by atoms with E-state index in [0.717, 1.165) is 24.3 Å². The first kappa shape index (κ1) is 31.3. The fourth-order valence-corrected chi connectivity index (χ4v) is 4.21. The Kier molecular flexibility index (Phi) is 9.53. The number of hydrogen-bond donors (Lipinski definition) is 0. The van der Waals surface area contributed by atoms with Gasteiger partial charge in [0.15, 0.2) is 23.6 Å². The zero-order valence-electron chi connectivity index (χ0n) is 22.2. The van der Waals surface area contributed by atoms with E-state index in [4.69, 9.17) is 0 Å². The van der Waals surface area contributed by atoms with Gasteiger partial charge in [-0.3, -0.25) is 0 Å². The third-order valence-electron chi connectivity index (χ3n) is 6.22. The van der Waals surface area contributed by atoms with Crippen molar-refractivity contribution in [2.45, 2.75) is 25.9 Å². The lowest BCUT2D eigenvalue weighted by Gasteiger charge is -2.20. The monoisotopic (exact) mass is 608 g/mol. The van der Waals surface area contributed by atoms with Gasteiger partial charge in [-0.25, -0.2) is 22.0 Å². The molecule has 0 N–H and O–H groups in total. The summed E-state index contributed by atoms with van der Waals surface area (Å²) in [6, 6.07) is 10.3. The number of rotatable bonds is 10. The maximum atomic E-state index is 14.9. The lowest BCUT2D eigenvalue weighted by Crippen LogP contribution is -2.23. The molecule has 0 saturated carbocycles. The molecule has 224 valence electrons. The van der Waals surface area contributed by atoms with Gasteiger partial charge in [0, 0.05) is 17.2 Å². The zero-order valence-corrected chi connectivity index (χ0v) is 22.2. The average molecular weight is 609 g/mol. The quantitative estimate of drug-likeness (QED) is 0.101. The van der Waals surface area contributed by atoms with E-state index >= 15 is 0 Å². The number of aryl methyl sites for hydroxylation is 1. The van der Waals surface area contributed by atoms with Gasteiger partial charge in [0.05, 0.1) is 5.56 Å². The molecule has 2 nitrogen and oxygen atoms in total. The van der Waals surface area contributed by atoms with Gasteiger partial charge in [0.25, 0.3) is 0 Å². The summed E-state index contributed by atoms with van der Waals surface area (Å²) in [5, 5.41) is 0. The van der Waals surface area contributed by atoms with E-state index in [1.54, 1.807) is 6.07 Å².